The van der Waals surface area contributed by atoms with E-state index in [9.17, 15) is 0 Å². The Morgan fingerprint density at radius 1 is 1.25 bits per heavy atom. The van der Waals surface area contributed by atoms with E-state index in [1.54, 1.807) is 13.2 Å². The van der Waals surface area contributed by atoms with Crippen LogP contribution in [0, 0.1) is 6.92 Å². The van der Waals surface area contributed by atoms with Gasteiger partial charge in [0.25, 0.3) is 0 Å². The molecule has 0 amide bonds. The maximum absolute atomic E-state index is 5.78. The van der Waals surface area contributed by atoms with Crippen LogP contribution in [0.15, 0.2) is 30.3 Å². The molecule has 0 fully saturated rings. The fourth-order valence-corrected chi connectivity index (χ4v) is 1.95. The van der Waals surface area contributed by atoms with E-state index in [1.165, 1.54) is 11.1 Å². The number of anilines is 2. The number of benzene rings is 1. The first-order valence-electron chi connectivity index (χ1n) is 6.54. The van der Waals surface area contributed by atoms with Crippen molar-refractivity contribution in [3.05, 3.63) is 47.3 Å². The summed E-state index contributed by atoms with van der Waals surface area (Å²) >= 11 is 0. The second-order valence-corrected chi connectivity index (χ2v) is 4.80. The van der Waals surface area contributed by atoms with E-state index in [0.717, 1.165) is 0 Å². The largest absolute Gasteiger partial charge is 0.384 e. The third kappa shape index (κ3) is 3.68. The Kier molecular flexibility index (Phi) is 4.53. The highest BCUT2D eigenvalue weighted by atomic mass is 16.5. The van der Waals surface area contributed by atoms with Crippen molar-refractivity contribution in [2.75, 3.05) is 18.2 Å². The summed E-state index contributed by atoms with van der Waals surface area (Å²) in [4.78, 5) is 8.50. The van der Waals surface area contributed by atoms with Crippen molar-refractivity contribution < 1.29 is 4.74 Å². The fraction of sp³-hybridized carbons (Fsp3) is 0.333. The highest BCUT2D eigenvalue weighted by Gasteiger charge is 2.08. The van der Waals surface area contributed by atoms with Crippen LogP contribution in [0.4, 0.5) is 11.6 Å². The molecule has 5 nitrogen and oxygen atoms in total. The van der Waals surface area contributed by atoms with Gasteiger partial charge in [-0.05, 0) is 19.4 Å². The Morgan fingerprint density at radius 2 is 1.95 bits per heavy atom. The molecule has 1 heterocycles. The molecule has 0 saturated carbocycles. The molecule has 20 heavy (non-hydrogen) atoms. The van der Waals surface area contributed by atoms with Crippen LogP contribution in [0.1, 0.15) is 29.9 Å². The predicted octanol–water partition coefficient (Wildman–Crippen LogP) is 2.69. The molecule has 1 atom stereocenters. The van der Waals surface area contributed by atoms with Gasteiger partial charge in [0.05, 0.1) is 0 Å². The van der Waals surface area contributed by atoms with Crippen molar-refractivity contribution in [1.29, 1.82) is 0 Å². The van der Waals surface area contributed by atoms with Gasteiger partial charge in [-0.25, -0.2) is 9.97 Å². The Bertz CT molecular complexity index is 569. The lowest BCUT2D eigenvalue weighted by Gasteiger charge is -2.16. The summed E-state index contributed by atoms with van der Waals surface area (Å²) in [7, 11) is 1.61. The number of ether oxygens (including phenoxy) is 1. The second-order valence-electron chi connectivity index (χ2n) is 4.80. The van der Waals surface area contributed by atoms with E-state index < -0.39 is 0 Å². The number of methoxy groups -OCH3 is 1. The van der Waals surface area contributed by atoms with Crippen molar-refractivity contribution in [1.82, 2.24) is 9.97 Å². The summed E-state index contributed by atoms with van der Waals surface area (Å²) in [6, 6.07) is 10.3. The molecule has 3 N–H and O–H groups in total. The average molecular weight is 272 g/mol. The lowest BCUT2D eigenvalue weighted by atomic mass is 10.1. The van der Waals surface area contributed by atoms with Crippen LogP contribution in [-0.2, 0) is 11.3 Å². The first-order chi connectivity index (χ1) is 9.58. The first-order valence-corrected chi connectivity index (χ1v) is 6.54. The minimum atomic E-state index is 0.139. The van der Waals surface area contributed by atoms with Crippen LogP contribution in [0.25, 0.3) is 0 Å². The maximum atomic E-state index is 5.78. The van der Waals surface area contributed by atoms with Crippen LogP contribution in [-0.4, -0.2) is 17.1 Å². The minimum Gasteiger partial charge on any atom is -0.384 e. The molecule has 0 bridgehead atoms. The molecule has 0 saturated heterocycles. The minimum absolute atomic E-state index is 0.139. The SMILES string of the molecule is COCc1nc(N)cc(NC(C)c2ccc(C)cc2)n1. The molecule has 0 aliphatic rings. The number of rotatable bonds is 5. The van der Waals surface area contributed by atoms with Crippen LogP contribution in [0.2, 0.25) is 0 Å². The number of hydrogen-bond acceptors (Lipinski definition) is 5. The molecule has 1 unspecified atom stereocenters. The predicted molar refractivity (Wildman–Crippen MR) is 80.4 cm³/mol. The van der Waals surface area contributed by atoms with E-state index in [2.05, 4.69) is 53.4 Å². The number of hydrogen-bond donors (Lipinski definition) is 2. The number of nitrogen functional groups attached to an aromatic ring is 1. The maximum Gasteiger partial charge on any atom is 0.158 e. The summed E-state index contributed by atoms with van der Waals surface area (Å²) in [5.41, 5.74) is 8.22. The number of aryl methyl sites for hydroxylation is 1. The molecule has 2 aromatic rings. The normalized spacial score (nSPS) is 12.2. The number of aromatic nitrogens is 2. The summed E-state index contributed by atoms with van der Waals surface area (Å²) in [5, 5.41) is 3.33. The van der Waals surface area contributed by atoms with Gasteiger partial charge in [-0.3, -0.25) is 0 Å². The molecule has 2 rings (SSSR count). The smallest absolute Gasteiger partial charge is 0.158 e. The molecule has 0 spiro atoms. The van der Waals surface area contributed by atoms with Crippen molar-refractivity contribution in [2.24, 2.45) is 0 Å². The van der Waals surface area contributed by atoms with Gasteiger partial charge in [0.1, 0.15) is 18.2 Å². The Hall–Kier alpha value is -2.14. The van der Waals surface area contributed by atoms with E-state index in [1.807, 2.05) is 0 Å². The zero-order valence-corrected chi connectivity index (χ0v) is 12.1. The summed E-state index contributed by atoms with van der Waals surface area (Å²) in [6.07, 6.45) is 0. The van der Waals surface area contributed by atoms with E-state index in [-0.39, 0.29) is 6.04 Å². The lowest BCUT2D eigenvalue weighted by molar-refractivity contribution is 0.178. The summed E-state index contributed by atoms with van der Waals surface area (Å²) < 4.78 is 5.03. The zero-order chi connectivity index (χ0) is 14.5. The van der Waals surface area contributed by atoms with Crippen molar-refractivity contribution in [2.45, 2.75) is 26.5 Å². The average Bonchev–Trinajstić information content (AvgIpc) is 2.39. The number of nitrogens with one attached hydrogen (secondary N) is 1. The standard InChI is InChI=1S/C15H20N4O/c1-10-4-6-12(7-5-10)11(2)17-14-8-13(16)18-15(19-14)9-20-3/h4-8,11H,9H2,1-3H3,(H3,16,17,18,19). The summed E-state index contributed by atoms with van der Waals surface area (Å²) in [6.45, 7) is 4.50. The van der Waals surface area contributed by atoms with Crippen molar-refractivity contribution in [3.8, 4) is 0 Å². The third-order valence-electron chi connectivity index (χ3n) is 3.01. The monoisotopic (exact) mass is 272 g/mol. The molecular formula is C15H20N4O. The van der Waals surface area contributed by atoms with Crippen molar-refractivity contribution in [3.63, 3.8) is 0 Å². The van der Waals surface area contributed by atoms with Crippen LogP contribution in [0.5, 0.6) is 0 Å². The van der Waals surface area contributed by atoms with Gasteiger partial charge < -0.3 is 15.8 Å². The van der Waals surface area contributed by atoms with Crippen LogP contribution >= 0.6 is 0 Å². The molecule has 0 aliphatic carbocycles. The molecule has 1 aromatic carbocycles. The Balaban J connectivity index is 2.14. The highest BCUT2D eigenvalue weighted by Crippen LogP contribution is 2.19. The zero-order valence-electron chi connectivity index (χ0n) is 12.1. The molecule has 106 valence electrons. The van der Waals surface area contributed by atoms with Crippen molar-refractivity contribution >= 4 is 11.6 Å². The van der Waals surface area contributed by atoms with Gasteiger partial charge in [0.2, 0.25) is 0 Å². The van der Waals surface area contributed by atoms with Gasteiger partial charge in [-0.15, -0.1) is 0 Å². The second kappa shape index (κ2) is 6.34. The van der Waals surface area contributed by atoms with Gasteiger partial charge in [0, 0.05) is 19.2 Å². The van der Waals surface area contributed by atoms with E-state index in [4.69, 9.17) is 10.5 Å². The number of nitrogens with two attached hydrogens (primary N) is 1. The highest BCUT2D eigenvalue weighted by molar-refractivity contribution is 5.46. The molecular weight excluding hydrogens is 252 g/mol. The first kappa shape index (κ1) is 14.3. The van der Waals surface area contributed by atoms with Crippen LogP contribution in [0.3, 0.4) is 0 Å². The van der Waals surface area contributed by atoms with E-state index >= 15 is 0 Å². The Labute approximate surface area is 119 Å². The third-order valence-corrected chi connectivity index (χ3v) is 3.01. The molecule has 0 aliphatic heterocycles. The lowest BCUT2D eigenvalue weighted by Crippen LogP contribution is -2.11. The molecule has 1 aromatic heterocycles. The summed E-state index contributed by atoms with van der Waals surface area (Å²) in [5.74, 6) is 1.72. The topological polar surface area (TPSA) is 73.1 Å². The number of nitrogens with zero attached hydrogens (tertiary/aromatic N) is 2. The molecule has 5 heteroatoms. The van der Waals surface area contributed by atoms with Gasteiger partial charge in [-0.2, -0.15) is 0 Å². The molecule has 0 radical (unpaired) electrons. The Morgan fingerprint density at radius 3 is 2.60 bits per heavy atom. The van der Waals surface area contributed by atoms with Gasteiger partial charge >= 0.3 is 0 Å². The van der Waals surface area contributed by atoms with Gasteiger partial charge in [0.15, 0.2) is 5.82 Å². The quantitative estimate of drug-likeness (QED) is 0.875. The fourth-order valence-electron chi connectivity index (χ4n) is 1.95. The van der Waals surface area contributed by atoms with Crippen LogP contribution < -0.4 is 11.1 Å². The van der Waals surface area contributed by atoms with E-state index in [0.29, 0.717) is 24.1 Å². The van der Waals surface area contributed by atoms with Gasteiger partial charge in [-0.1, -0.05) is 29.8 Å².